The van der Waals surface area contributed by atoms with Crippen LogP contribution in [-0.4, -0.2) is 15.7 Å². The van der Waals surface area contributed by atoms with E-state index in [-0.39, 0.29) is 11.8 Å². The van der Waals surface area contributed by atoms with Gasteiger partial charge in [0.05, 0.1) is 12.2 Å². The first-order chi connectivity index (χ1) is 12.7. The third-order valence-corrected chi connectivity index (χ3v) is 4.97. The third-order valence-electron chi connectivity index (χ3n) is 4.97. The van der Waals surface area contributed by atoms with E-state index < -0.39 is 0 Å². The molecule has 0 bridgehead atoms. The molecule has 0 radical (unpaired) electrons. The molecule has 4 heteroatoms. The maximum absolute atomic E-state index is 12.2. The van der Waals surface area contributed by atoms with E-state index in [0.29, 0.717) is 19.0 Å². The molecule has 0 spiro atoms. The number of hydrogen-bond donors (Lipinski definition) is 1. The zero-order valence-corrected chi connectivity index (χ0v) is 14.9. The Hall–Kier alpha value is -2.88. The minimum atomic E-state index is 0.160. The highest BCUT2D eigenvalue weighted by Crippen LogP contribution is 2.37. The molecule has 0 aliphatic heterocycles. The fraction of sp³-hybridized carbons (Fsp3) is 0.273. The molecule has 1 aliphatic rings. The zero-order chi connectivity index (χ0) is 17.9. The normalized spacial score (nSPS) is 18.5. The van der Waals surface area contributed by atoms with Gasteiger partial charge in [-0.3, -0.25) is 9.48 Å². The summed E-state index contributed by atoms with van der Waals surface area (Å²) in [4.78, 5) is 12.2. The molecule has 4 nitrogen and oxygen atoms in total. The molecule has 3 aromatic rings. The summed E-state index contributed by atoms with van der Waals surface area (Å²) in [6.07, 6.45) is 3.05. The van der Waals surface area contributed by atoms with E-state index in [9.17, 15) is 4.79 Å². The van der Waals surface area contributed by atoms with E-state index in [4.69, 9.17) is 5.10 Å². The smallest absolute Gasteiger partial charge is 0.223 e. The molecule has 1 saturated carbocycles. The molecule has 0 saturated heterocycles. The summed E-state index contributed by atoms with van der Waals surface area (Å²) in [6, 6.07) is 20.4. The maximum atomic E-state index is 12.2. The van der Waals surface area contributed by atoms with Crippen molar-refractivity contribution in [3.05, 3.63) is 78.0 Å². The summed E-state index contributed by atoms with van der Waals surface area (Å²) >= 11 is 0. The van der Waals surface area contributed by atoms with E-state index in [0.717, 1.165) is 23.2 Å². The number of rotatable bonds is 6. The number of nitrogens with zero attached hydrogens (tertiary/aromatic N) is 2. The van der Waals surface area contributed by atoms with Crippen LogP contribution >= 0.6 is 0 Å². The van der Waals surface area contributed by atoms with Gasteiger partial charge >= 0.3 is 0 Å². The Balaban J connectivity index is 1.57. The van der Waals surface area contributed by atoms with Crippen molar-refractivity contribution in [3.8, 4) is 11.3 Å². The van der Waals surface area contributed by atoms with E-state index in [1.807, 2.05) is 47.3 Å². The Kier molecular flexibility index (Phi) is 4.57. The van der Waals surface area contributed by atoms with Gasteiger partial charge in [0, 0.05) is 29.8 Å². The molecular formula is C22H23N3O. The molecule has 2 atom stereocenters. The number of carbonyl (C=O) groups excluding carboxylic acids is 1. The largest absolute Gasteiger partial charge is 0.352 e. The van der Waals surface area contributed by atoms with Crippen molar-refractivity contribution in [3.63, 3.8) is 0 Å². The lowest BCUT2D eigenvalue weighted by atomic mass is 10.1. The predicted octanol–water partition coefficient (Wildman–Crippen LogP) is 3.87. The van der Waals surface area contributed by atoms with Gasteiger partial charge in [0.15, 0.2) is 0 Å². The van der Waals surface area contributed by atoms with Gasteiger partial charge < -0.3 is 5.32 Å². The highest BCUT2D eigenvalue weighted by atomic mass is 16.2. The van der Waals surface area contributed by atoms with Gasteiger partial charge in [-0.25, -0.2) is 0 Å². The average Bonchev–Trinajstić information content (AvgIpc) is 3.27. The van der Waals surface area contributed by atoms with Crippen molar-refractivity contribution in [2.45, 2.75) is 26.4 Å². The molecule has 1 amide bonds. The summed E-state index contributed by atoms with van der Waals surface area (Å²) in [5, 5.41) is 7.88. The number of amides is 1. The van der Waals surface area contributed by atoms with Gasteiger partial charge in [0.2, 0.25) is 5.91 Å². The molecule has 1 aromatic heterocycles. The van der Waals surface area contributed by atoms with Crippen LogP contribution < -0.4 is 5.32 Å². The van der Waals surface area contributed by atoms with Gasteiger partial charge in [-0.2, -0.15) is 5.10 Å². The molecule has 1 aliphatic carbocycles. The van der Waals surface area contributed by atoms with Gasteiger partial charge in [-0.05, 0) is 17.9 Å². The van der Waals surface area contributed by atoms with Crippen LogP contribution in [0.1, 0.15) is 24.5 Å². The Morgan fingerprint density at radius 3 is 2.42 bits per heavy atom. The van der Waals surface area contributed by atoms with Crippen molar-refractivity contribution in [2.24, 2.45) is 11.8 Å². The highest BCUT2D eigenvalue weighted by molar-refractivity contribution is 5.81. The first-order valence-electron chi connectivity index (χ1n) is 9.14. The van der Waals surface area contributed by atoms with E-state index in [1.165, 1.54) is 5.56 Å². The van der Waals surface area contributed by atoms with Crippen LogP contribution in [0.15, 0.2) is 66.9 Å². The van der Waals surface area contributed by atoms with Crippen LogP contribution in [0.4, 0.5) is 0 Å². The minimum Gasteiger partial charge on any atom is -0.352 e. The van der Waals surface area contributed by atoms with Crippen LogP contribution in [0.2, 0.25) is 0 Å². The monoisotopic (exact) mass is 345 g/mol. The molecule has 4 rings (SSSR count). The van der Waals surface area contributed by atoms with Crippen LogP contribution in [0.25, 0.3) is 11.3 Å². The van der Waals surface area contributed by atoms with Crippen molar-refractivity contribution < 1.29 is 4.79 Å². The van der Waals surface area contributed by atoms with Crippen molar-refractivity contribution in [1.82, 2.24) is 15.1 Å². The summed E-state index contributed by atoms with van der Waals surface area (Å²) in [5.74, 6) is 0.867. The molecule has 1 N–H and O–H groups in total. The predicted molar refractivity (Wildman–Crippen MR) is 102 cm³/mol. The Labute approximate surface area is 153 Å². The number of hydrogen-bond acceptors (Lipinski definition) is 2. The second-order valence-electron chi connectivity index (χ2n) is 7.09. The van der Waals surface area contributed by atoms with Crippen molar-refractivity contribution >= 4 is 5.91 Å². The van der Waals surface area contributed by atoms with Crippen LogP contribution in [-0.2, 0) is 17.9 Å². The van der Waals surface area contributed by atoms with Crippen molar-refractivity contribution in [2.75, 3.05) is 0 Å². The number of nitrogens with one attached hydrogen (secondary N) is 1. The average molecular weight is 345 g/mol. The molecule has 1 heterocycles. The molecule has 2 aromatic carbocycles. The number of aromatic nitrogens is 2. The lowest BCUT2D eigenvalue weighted by Crippen LogP contribution is -2.24. The van der Waals surface area contributed by atoms with Crippen LogP contribution in [0.5, 0.6) is 0 Å². The number of carbonyl (C=O) groups is 1. The van der Waals surface area contributed by atoms with Gasteiger partial charge in [-0.1, -0.05) is 67.6 Å². The van der Waals surface area contributed by atoms with Crippen LogP contribution in [0.3, 0.4) is 0 Å². The molecule has 1 fully saturated rings. The van der Waals surface area contributed by atoms with Gasteiger partial charge in [0.25, 0.3) is 0 Å². The highest BCUT2D eigenvalue weighted by Gasteiger charge is 2.38. The van der Waals surface area contributed by atoms with E-state index >= 15 is 0 Å². The number of benzene rings is 2. The minimum absolute atomic E-state index is 0.160. The van der Waals surface area contributed by atoms with Crippen LogP contribution in [0, 0.1) is 11.8 Å². The van der Waals surface area contributed by atoms with Gasteiger partial charge in [-0.15, -0.1) is 0 Å². The van der Waals surface area contributed by atoms with E-state index in [2.05, 4.69) is 36.5 Å². The lowest BCUT2D eigenvalue weighted by Gasteiger charge is -2.05. The molecular weight excluding hydrogens is 322 g/mol. The molecule has 132 valence electrons. The second kappa shape index (κ2) is 7.16. The summed E-state index contributed by atoms with van der Waals surface area (Å²) in [5.41, 5.74) is 4.26. The Morgan fingerprint density at radius 1 is 1.12 bits per heavy atom. The molecule has 2 unspecified atom stereocenters. The first kappa shape index (κ1) is 16.6. The lowest BCUT2D eigenvalue weighted by molar-refractivity contribution is -0.122. The maximum Gasteiger partial charge on any atom is 0.223 e. The summed E-state index contributed by atoms with van der Waals surface area (Å²) < 4.78 is 1.96. The fourth-order valence-electron chi connectivity index (χ4n) is 3.28. The summed E-state index contributed by atoms with van der Waals surface area (Å²) in [6.45, 7) is 3.35. The Morgan fingerprint density at radius 2 is 1.77 bits per heavy atom. The van der Waals surface area contributed by atoms with Crippen molar-refractivity contribution in [1.29, 1.82) is 0 Å². The second-order valence-corrected chi connectivity index (χ2v) is 7.09. The quantitative estimate of drug-likeness (QED) is 0.737. The standard InChI is InChI=1S/C22H23N3O/c1-16-12-20(16)22(26)23-13-19-15-25(14-17-8-4-2-5-9-17)24-21(19)18-10-6-3-7-11-18/h2-11,15-16,20H,12-14H2,1H3,(H,23,26). The fourth-order valence-corrected chi connectivity index (χ4v) is 3.28. The SMILES string of the molecule is CC1CC1C(=O)NCc1cn(Cc2ccccc2)nc1-c1ccccc1. The Bertz CT molecular complexity index is 886. The summed E-state index contributed by atoms with van der Waals surface area (Å²) in [7, 11) is 0. The van der Waals surface area contributed by atoms with E-state index in [1.54, 1.807) is 0 Å². The third kappa shape index (κ3) is 3.69. The topological polar surface area (TPSA) is 46.9 Å². The van der Waals surface area contributed by atoms with Gasteiger partial charge in [0.1, 0.15) is 0 Å². The molecule has 26 heavy (non-hydrogen) atoms. The zero-order valence-electron chi connectivity index (χ0n) is 14.9. The first-order valence-corrected chi connectivity index (χ1v) is 9.14.